The number of aromatic nitrogens is 1. The first-order valence-electron chi connectivity index (χ1n) is 6.31. The predicted octanol–water partition coefficient (Wildman–Crippen LogP) is 2.52. The molecule has 1 heterocycles. The number of rotatable bonds is 7. The molecule has 0 fully saturated rings. The predicted molar refractivity (Wildman–Crippen MR) is 75.5 cm³/mol. The number of aryl methyl sites for hydroxylation is 1. The summed E-state index contributed by atoms with van der Waals surface area (Å²) >= 11 is 1.73. The van der Waals surface area contributed by atoms with E-state index in [0.717, 1.165) is 24.6 Å². The Morgan fingerprint density at radius 2 is 2.06 bits per heavy atom. The molecule has 17 heavy (non-hydrogen) atoms. The maximum absolute atomic E-state index is 4.50. The van der Waals surface area contributed by atoms with Gasteiger partial charge in [0.2, 0.25) is 0 Å². The Balaban J connectivity index is 2.29. The summed E-state index contributed by atoms with van der Waals surface area (Å²) in [6, 6.07) is 0.538. The van der Waals surface area contributed by atoms with Crippen molar-refractivity contribution in [2.75, 3.05) is 20.1 Å². The van der Waals surface area contributed by atoms with Gasteiger partial charge in [-0.3, -0.25) is 4.90 Å². The Morgan fingerprint density at radius 3 is 2.59 bits per heavy atom. The van der Waals surface area contributed by atoms with Crippen molar-refractivity contribution >= 4 is 11.3 Å². The molecular weight excluding hydrogens is 230 g/mol. The first kappa shape index (κ1) is 14.6. The third kappa shape index (κ3) is 5.61. The first-order valence-corrected chi connectivity index (χ1v) is 7.19. The second kappa shape index (κ2) is 7.09. The van der Waals surface area contributed by atoms with Crippen LogP contribution in [0.2, 0.25) is 0 Å². The minimum absolute atomic E-state index is 0.538. The molecule has 0 amide bonds. The van der Waals surface area contributed by atoms with Crippen molar-refractivity contribution in [1.29, 1.82) is 0 Å². The quantitative estimate of drug-likeness (QED) is 0.811. The Bertz CT molecular complexity index is 322. The van der Waals surface area contributed by atoms with E-state index in [0.29, 0.717) is 12.0 Å². The summed E-state index contributed by atoms with van der Waals surface area (Å²) < 4.78 is 0. The molecule has 0 aliphatic heterocycles. The van der Waals surface area contributed by atoms with Gasteiger partial charge in [-0.1, -0.05) is 13.8 Å². The molecule has 1 N–H and O–H groups in total. The third-order valence-corrected chi connectivity index (χ3v) is 3.65. The number of hydrogen-bond acceptors (Lipinski definition) is 4. The standard InChI is InChI=1S/C13H25N3S/c1-10(2)6-14-7-11(3)16(5)8-13-9-17-12(4)15-13/h9-11,14H,6-8H2,1-5H3. The van der Waals surface area contributed by atoms with Gasteiger partial charge < -0.3 is 5.32 Å². The van der Waals surface area contributed by atoms with Gasteiger partial charge in [-0.2, -0.15) is 0 Å². The van der Waals surface area contributed by atoms with Crippen LogP contribution in [0.25, 0.3) is 0 Å². The van der Waals surface area contributed by atoms with Gasteiger partial charge in [0.25, 0.3) is 0 Å². The number of likely N-dealkylation sites (N-methyl/N-ethyl adjacent to an activating group) is 1. The molecule has 98 valence electrons. The van der Waals surface area contributed by atoms with Gasteiger partial charge in [-0.15, -0.1) is 11.3 Å². The highest BCUT2D eigenvalue weighted by atomic mass is 32.1. The fraction of sp³-hybridized carbons (Fsp3) is 0.769. The van der Waals surface area contributed by atoms with Crippen LogP contribution in [-0.4, -0.2) is 36.1 Å². The van der Waals surface area contributed by atoms with Crippen LogP contribution in [0, 0.1) is 12.8 Å². The van der Waals surface area contributed by atoms with Crippen molar-refractivity contribution in [2.24, 2.45) is 5.92 Å². The van der Waals surface area contributed by atoms with E-state index < -0.39 is 0 Å². The maximum atomic E-state index is 4.50. The Kier molecular flexibility index (Phi) is 6.09. The number of nitrogens with zero attached hydrogens (tertiary/aromatic N) is 2. The van der Waals surface area contributed by atoms with Crippen LogP contribution < -0.4 is 5.32 Å². The monoisotopic (exact) mass is 255 g/mol. The van der Waals surface area contributed by atoms with E-state index in [9.17, 15) is 0 Å². The van der Waals surface area contributed by atoms with Gasteiger partial charge in [0.1, 0.15) is 0 Å². The Labute approximate surface area is 109 Å². The maximum Gasteiger partial charge on any atom is 0.0897 e. The smallest absolute Gasteiger partial charge is 0.0897 e. The normalized spacial score (nSPS) is 13.6. The minimum atomic E-state index is 0.538. The molecule has 0 spiro atoms. The second-order valence-corrected chi connectivity index (χ2v) is 6.24. The largest absolute Gasteiger partial charge is 0.315 e. The fourth-order valence-corrected chi connectivity index (χ4v) is 2.23. The van der Waals surface area contributed by atoms with Crippen molar-refractivity contribution in [3.8, 4) is 0 Å². The Morgan fingerprint density at radius 1 is 1.35 bits per heavy atom. The van der Waals surface area contributed by atoms with Gasteiger partial charge >= 0.3 is 0 Å². The van der Waals surface area contributed by atoms with Crippen LogP contribution in [0.4, 0.5) is 0 Å². The molecule has 0 saturated carbocycles. The Hall–Kier alpha value is -0.450. The van der Waals surface area contributed by atoms with Gasteiger partial charge in [-0.05, 0) is 33.4 Å². The van der Waals surface area contributed by atoms with E-state index in [2.05, 4.69) is 55.3 Å². The molecule has 0 saturated heterocycles. The number of nitrogens with one attached hydrogen (secondary N) is 1. The fourth-order valence-electron chi connectivity index (χ4n) is 1.63. The van der Waals surface area contributed by atoms with Crippen molar-refractivity contribution < 1.29 is 0 Å². The molecule has 4 heteroatoms. The molecule has 0 aliphatic carbocycles. The summed E-state index contributed by atoms with van der Waals surface area (Å²) in [4.78, 5) is 6.85. The van der Waals surface area contributed by atoms with E-state index in [1.807, 2.05) is 0 Å². The molecule has 1 atom stereocenters. The van der Waals surface area contributed by atoms with Gasteiger partial charge in [-0.25, -0.2) is 4.98 Å². The molecule has 0 radical (unpaired) electrons. The van der Waals surface area contributed by atoms with E-state index in [1.165, 1.54) is 5.69 Å². The average Bonchev–Trinajstić information content (AvgIpc) is 2.63. The molecule has 0 bridgehead atoms. The zero-order valence-electron chi connectivity index (χ0n) is 11.7. The van der Waals surface area contributed by atoms with Crippen molar-refractivity contribution in [1.82, 2.24) is 15.2 Å². The molecule has 3 nitrogen and oxygen atoms in total. The zero-order valence-corrected chi connectivity index (χ0v) is 12.5. The van der Waals surface area contributed by atoms with Crippen LogP contribution in [0.3, 0.4) is 0 Å². The van der Waals surface area contributed by atoms with Crippen molar-refractivity contribution in [3.05, 3.63) is 16.1 Å². The summed E-state index contributed by atoms with van der Waals surface area (Å²) in [5.74, 6) is 0.716. The summed E-state index contributed by atoms with van der Waals surface area (Å²) in [7, 11) is 2.16. The van der Waals surface area contributed by atoms with Gasteiger partial charge in [0, 0.05) is 24.5 Å². The minimum Gasteiger partial charge on any atom is -0.315 e. The van der Waals surface area contributed by atoms with E-state index in [1.54, 1.807) is 11.3 Å². The summed E-state index contributed by atoms with van der Waals surface area (Å²) in [6.07, 6.45) is 0. The average molecular weight is 255 g/mol. The zero-order chi connectivity index (χ0) is 12.8. The third-order valence-electron chi connectivity index (χ3n) is 2.82. The molecular formula is C13H25N3S. The summed E-state index contributed by atoms with van der Waals surface area (Å²) in [6.45, 7) is 11.9. The lowest BCUT2D eigenvalue weighted by Crippen LogP contribution is -2.38. The lowest BCUT2D eigenvalue weighted by atomic mass is 10.2. The molecule has 1 unspecified atom stereocenters. The highest BCUT2D eigenvalue weighted by Gasteiger charge is 2.10. The molecule has 1 aromatic rings. The van der Waals surface area contributed by atoms with E-state index in [-0.39, 0.29) is 0 Å². The highest BCUT2D eigenvalue weighted by molar-refractivity contribution is 7.09. The van der Waals surface area contributed by atoms with Crippen LogP contribution in [0.15, 0.2) is 5.38 Å². The summed E-state index contributed by atoms with van der Waals surface area (Å²) in [5, 5.41) is 6.80. The van der Waals surface area contributed by atoms with E-state index in [4.69, 9.17) is 0 Å². The van der Waals surface area contributed by atoms with Crippen molar-refractivity contribution in [3.63, 3.8) is 0 Å². The molecule has 0 aromatic carbocycles. The first-order chi connectivity index (χ1) is 7.99. The topological polar surface area (TPSA) is 28.2 Å². The van der Waals surface area contributed by atoms with Gasteiger partial charge in [0.05, 0.1) is 10.7 Å². The van der Waals surface area contributed by atoms with Crippen LogP contribution >= 0.6 is 11.3 Å². The number of thiazole rings is 1. The number of hydrogen-bond donors (Lipinski definition) is 1. The van der Waals surface area contributed by atoms with Crippen molar-refractivity contribution in [2.45, 2.75) is 40.3 Å². The summed E-state index contributed by atoms with van der Waals surface area (Å²) in [5.41, 5.74) is 1.19. The SMILES string of the molecule is Cc1nc(CN(C)C(C)CNCC(C)C)cs1. The molecule has 0 aliphatic rings. The highest BCUT2D eigenvalue weighted by Crippen LogP contribution is 2.10. The van der Waals surface area contributed by atoms with Crippen LogP contribution in [-0.2, 0) is 6.54 Å². The van der Waals surface area contributed by atoms with Crippen LogP contribution in [0.5, 0.6) is 0 Å². The van der Waals surface area contributed by atoms with Crippen LogP contribution in [0.1, 0.15) is 31.5 Å². The van der Waals surface area contributed by atoms with Gasteiger partial charge in [0.15, 0.2) is 0 Å². The van der Waals surface area contributed by atoms with E-state index >= 15 is 0 Å². The molecule has 1 aromatic heterocycles. The lowest BCUT2D eigenvalue weighted by Gasteiger charge is -2.24. The molecule has 1 rings (SSSR count). The lowest BCUT2D eigenvalue weighted by molar-refractivity contribution is 0.239. The second-order valence-electron chi connectivity index (χ2n) is 5.17.